The van der Waals surface area contributed by atoms with Gasteiger partial charge in [-0.2, -0.15) is 0 Å². The number of thioether (sulfide) groups is 1. The molecule has 2 atom stereocenters. The van der Waals surface area contributed by atoms with Crippen LogP contribution in [-0.2, 0) is 28.6 Å². The number of amides is 2. The molecule has 2 rings (SSSR count). The van der Waals surface area contributed by atoms with Gasteiger partial charge in [0.05, 0.1) is 29.7 Å². The van der Waals surface area contributed by atoms with Gasteiger partial charge in [-0.25, -0.2) is 4.39 Å². The molecule has 10 nitrogen and oxygen atoms in total. The second-order valence-electron chi connectivity index (χ2n) is 5.64. The molecule has 0 radical (unpaired) electrons. The SMILES string of the molecule is CC(=O)OC1COCC1OC(=O)CSc1cc(NSC(=O)NNC=O)c(F)cc1Cl. The summed E-state index contributed by atoms with van der Waals surface area (Å²) < 4.78 is 32.0. The van der Waals surface area contributed by atoms with Gasteiger partial charge in [0.25, 0.3) is 0 Å². The van der Waals surface area contributed by atoms with Gasteiger partial charge in [-0.3, -0.25) is 30.0 Å². The molecule has 1 saturated heterocycles. The summed E-state index contributed by atoms with van der Waals surface area (Å²) in [5.41, 5.74) is 3.92. The van der Waals surface area contributed by atoms with E-state index in [2.05, 4.69) is 4.72 Å². The zero-order chi connectivity index (χ0) is 22.1. The predicted octanol–water partition coefficient (Wildman–Crippen LogP) is 1.88. The Hall–Kier alpha value is -2.22. The third-order valence-electron chi connectivity index (χ3n) is 3.43. The smallest absolute Gasteiger partial charge is 0.317 e. The van der Waals surface area contributed by atoms with Gasteiger partial charge in [0.2, 0.25) is 6.41 Å². The number of esters is 2. The first-order chi connectivity index (χ1) is 14.3. The average molecular weight is 482 g/mol. The van der Waals surface area contributed by atoms with E-state index in [0.29, 0.717) is 16.8 Å². The topological polar surface area (TPSA) is 132 Å². The minimum absolute atomic E-state index is 0.0550. The number of carbonyl (C=O) groups is 4. The Balaban J connectivity index is 1.91. The standard InChI is InChI=1S/C16H17ClFN3O7S2/c1-8(23)27-12-4-26-5-13(12)28-15(24)6-29-14-3-11(10(18)2-9(14)17)21-30-16(25)20-19-7-22/h2-3,7,12-13,21H,4-6H2,1H3,(H,19,22)(H,20,25). The van der Waals surface area contributed by atoms with Gasteiger partial charge < -0.3 is 18.9 Å². The van der Waals surface area contributed by atoms with Crippen LogP contribution in [0.5, 0.6) is 0 Å². The zero-order valence-corrected chi connectivity index (χ0v) is 17.8. The zero-order valence-electron chi connectivity index (χ0n) is 15.4. The molecule has 14 heteroatoms. The first-order valence-corrected chi connectivity index (χ1v) is 10.5. The van der Waals surface area contributed by atoms with E-state index in [4.69, 9.17) is 25.8 Å². The Morgan fingerprint density at radius 3 is 2.67 bits per heavy atom. The highest BCUT2D eigenvalue weighted by Gasteiger charge is 2.34. The molecule has 0 bridgehead atoms. The van der Waals surface area contributed by atoms with Gasteiger partial charge in [-0.05, 0) is 12.1 Å². The molecule has 2 unspecified atom stereocenters. The van der Waals surface area contributed by atoms with Crippen LogP contribution in [0.15, 0.2) is 17.0 Å². The van der Waals surface area contributed by atoms with Crippen LogP contribution in [0.2, 0.25) is 5.02 Å². The molecular weight excluding hydrogens is 465 g/mol. The van der Waals surface area contributed by atoms with Crippen LogP contribution in [0.3, 0.4) is 0 Å². The highest BCUT2D eigenvalue weighted by Crippen LogP contribution is 2.33. The van der Waals surface area contributed by atoms with Crippen LogP contribution in [0.1, 0.15) is 6.92 Å². The molecule has 2 amide bonds. The predicted molar refractivity (Wildman–Crippen MR) is 107 cm³/mol. The number of hydrogen-bond donors (Lipinski definition) is 3. The fourth-order valence-electron chi connectivity index (χ4n) is 2.22. The summed E-state index contributed by atoms with van der Waals surface area (Å²) in [6.45, 7) is 1.49. The minimum atomic E-state index is -0.720. The summed E-state index contributed by atoms with van der Waals surface area (Å²) in [6, 6.07) is 2.35. The molecule has 1 heterocycles. The average Bonchev–Trinajstić information content (AvgIpc) is 3.10. The van der Waals surface area contributed by atoms with E-state index < -0.39 is 35.2 Å². The van der Waals surface area contributed by atoms with Crippen LogP contribution in [-0.4, -0.2) is 54.8 Å². The van der Waals surface area contributed by atoms with Gasteiger partial charge in [-0.15, -0.1) is 11.8 Å². The van der Waals surface area contributed by atoms with Gasteiger partial charge in [-0.1, -0.05) is 11.6 Å². The lowest BCUT2D eigenvalue weighted by Crippen LogP contribution is -2.33. The Labute approximate surface area is 184 Å². The van der Waals surface area contributed by atoms with Crippen molar-refractivity contribution in [1.82, 2.24) is 10.9 Å². The summed E-state index contributed by atoms with van der Waals surface area (Å²) in [7, 11) is 0. The number of carbonyl (C=O) groups excluding carboxylic acids is 4. The Kier molecular flexibility index (Phi) is 9.49. The lowest BCUT2D eigenvalue weighted by Gasteiger charge is -2.18. The summed E-state index contributed by atoms with van der Waals surface area (Å²) >= 11 is 7.50. The summed E-state index contributed by atoms with van der Waals surface area (Å²) in [5, 5.41) is -0.620. The Bertz CT molecular complexity index is 817. The number of anilines is 1. The number of rotatable bonds is 9. The molecule has 30 heavy (non-hydrogen) atoms. The van der Waals surface area contributed by atoms with Crippen molar-refractivity contribution in [3.63, 3.8) is 0 Å². The van der Waals surface area contributed by atoms with Crippen molar-refractivity contribution in [3.05, 3.63) is 23.0 Å². The largest absolute Gasteiger partial charge is 0.456 e. The van der Waals surface area contributed by atoms with Gasteiger partial charge in [0, 0.05) is 23.8 Å². The maximum Gasteiger partial charge on any atom is 0.317 e. The molecule has 0 saturated carbocycles. The van der Waals surface area contributed by atoms with Crippen molar-refractivity contribution in [2.45, 2.75) is 24.0 Å². The first kappa shape index (κ1) is 24.1. The third kappa shape index (κ3) is 7.55. The van der Waals surface area contributed by atoms with Crippen molar-refractivity contribution in [2.75, 3.05) is 23.7 Å². The molecule has 1 fully saturated rings. The fourth-order valence-corrected chi connectivity index (χ4v) is 3.74. The number of ether oxygens (including phenoxy) is 3. The molecular formula is C16H17ClFN3O7S2. The van der Waals surface area contributed by atoms with Crippen molar-refractivity contribution in [1.29, 1.82) is 0 Å². The second-order valence-corrected chi connectivity index (χ2v) is 7.85. The molecule has 1 aliphatic rings. The lowest BCUT2D eigenvalue weighted by molar-refractivity contribution is -0.160. The Morgan fingerprint density at radius 2 is 2.00 bits per heavy atom. The molecule has 1 aromatic carbocycles. The van der Waals surface area contributed by atoms with E-state index >= 15 is 0 Å². The minimum Gasteiger partial charge on any atom is -0.456 e. The van der Waals surface area contributed by atoms with Crippen LogP contribution in [0.25, 0.3) is 0 Å². The quantitative estimate of drug-likeness (QED) is 0.158. The van der Waals surface area contributed by atoms with Gasteiger partial charge in [0.1, 0.15) is 5.82 Å². The maximum atomic E-state index is 14.0. The molecule has 1 aromatic rings. The van der Waals surface area contributed by atoms with Gasteiger partial charge >= 0.3 is 17.2 Å². The van der Waals surface area contributed by atoms with Crippen LogP contribution < -0.4 is 15.6 Å². The van der Waals surface area contributed by atoms with Crippen LogP contribution in [0.4, 0.5) is 14.9 Å². The van der Waals surface area contributed by atoms with E-state index in [-0.39, 0.29) is 36.1 Å². The summed E-state index contributed by atoms with van der Waals surface area (Å²) in [4.78, 5) is 45.1. The second kappa shape index (κ2) is 11.8. The molecule has 0 aromatic heterocycles. The summed E-state index contributed by atoms with van der Waals surface area (Å²) in [5.74, 6) is -1.97. The first-order valence-electron chi connectivity index (χ1n) is 8.28. The fraction of sp³-hybridized carbons (Fsp3) is 0.375. The molecule has 0 aliphatic carbocycles. The third-order valence-corrected chi connectivity index (χ3v) is 5.50. The number of nitrogens with one attached hydrogen (secondary N) is 3. The van der Waals surface area contributed by atoms with E-state index in [0.717, 1.165) is 17.8 Å². The van der Waals surface area contributed by atoms with Crippen molar-refractivity contribution in [2.24, 2.45) is 0 Å². The summed E-state index contributed by atoms with van der Waals surface area (Å²) in [6.07, 6.45) is -1.11. The highest BCUT2D eigenvalue weighted by atomic mass is 35.5. The van der Waals surface area contributed by atoms with E-state index in [1.165, 1.54) is 13.0 Å². The van der Waals surface area contributed by atoms with Crippen LogP contribution in [0, 0.1) is 5.82 Å². The molecule has 0 spiro atoms. The molecule has 164 valence electrons. The van der Waals surface area contributed by atoms with Crippen molar-refractivity contribution >= 4 is 64.6 Å². The Morgan fingerprint density at radius 1 is 1.30 bits per heavy atom. The monoisotopic (exact) mass is 481 g/mol. The molecule has 1 aliphatic heterocycles. The van der Waals surface area contributed by atoms with E-state index in [9.17, 15) is 23.6 Å². The van der Waals surface area contributed by atoms with Crippen molar-refractivity contribution < 1.29 is 37.8 Å². The highest BCUT2D eigenvalue weighted by molar-refractivity contribution is 8.14. The van der Waals surface area contributed by atoms with Crippen molar-refractivity contribution in [3.8, 4) is 0 Å². The van der Waals surface area contributed by atoms with E-state index in [1.807, 2.05) is 10.9 Å². The molecule has 3 N–H and O–H groups in total. The van der Waals surface area contributed by atoms with Gasteiger partial charge in [0.15, 0.2) is 12.2 Å². The lowest BCUT2D eigenvalue weighted by atomic mass is 10.2. The normalized spacial score (nSPS) is 17.7. The number of hydrogen-bond acceptors (Lipinski definition) is 10. The van der Waals surface area contributed by atoms with Crippen LogP contribution >= 0.6 is 35.3 Å². The maximum absolute atomic E-state index is 14.0. The van der Waals surface area contributed by atoms with E-state index in [1.54, 1.807) is 0 Å². The number of hydrazine groups is 1. The number of halogens is 2. The number of benzene rings is 1.